The van der Waals surface area contributed by atoms with Gasteiger partial charge in [-0.15, -0.1) is 0 Å². The molecule has 1 heterocycles. The number of hydrogen-bond acceptors (Lipinski definition) is 3. The third-order valence-electron chi connectivity index (χ3n) is 4.17. The first-order chi connectivity index (χ1) is 12.0. The topological polar surface area (TPSA) is 44.1 Å². The largest absolute Gasteiger partial charge is 0.404 e. The molecule has 25 heavy (non-hydrogen) atoms. The quantitative estimate of drug-likeness (QED) is 0.662. The van der Waals surface area contributed by atoms with Crippen molar-refractivity contribution in [1.82, 2.24) is 9.78 Å². The molecule has 3 aromatic rings. The SMILES string of the molecule is CCc1cc(OC(=O)c2ccc(F)cc2)n(-c2cccc(C)c2C)n1. The molecule has 0 atom stereocenters. The molecule has 4 nitrogen and oxygen atoms in total. The molecule has 0 amide bonds. The fourth-order valence-corrected chi connectivity index (χ4v) is 2.53. The van der Waals surface area contributed by atoms with Crippen molar-refractivity contribution in [3.63, 3.8) is 0 Å². The van der Waals surface area contributed by atoms with E-state index < -0.39 is 11.8 Å². The van der Waals surface area contributed by atoms with Gasteiger partial charge in [-0.25, -0.2) is 13.9 Å². The fourth-order valence-electron chi connectivity index (χ4n) is 2.53. The molecule has 2 aromatic carbocycles. The standard InChI is InChI=1S/C20H19FN2O2/c1-4-17-12-19(25-20(24)15-8-10-16(21)11-9-15)23(22-17)18-7-5-6-13(2)14(18)3/h5-12H,4H2,1-3H3. The zero-order chi connectivity index (χ0) is 18.0. The highest BCUT2D eigenvalue weighted by molar-refractivity contribution is 5.90. The molecule has 0 radical (unpaired) electrons. The van der Waals surface area contributed by atoms with Gasteiger partial charge >= 0.3 is 5.97 Å². The molecular formula is C20H19FN2O2. The van der Waals surface area contributed by atoms with E-state index in [-0.39, 0.29) is 5.56 Å². The number of ether oxygens (including phenoxy) is 1. The molecule has 0 N–H and O–H groups in total. The molecular weight excluding hydrogens is 319 g/mol. The number of hydrogen-bond donors (Lipinski definition) is 0. The molecule has 0 aliphatic rings. The van der Waals surface area contributed by atoms with E-state index in [0.717, 1.165) is 28.9 Å². The summed E-state index contributed by atoms with van der Waals surface area (Å²) >= 11 is 0. The highest BCUT2D eigenvalue weighted by Crippen LogP contribution is 2.25. The Kier molecular flexibility index (Phi) is 4.65. The smallest absolute Gasteiger partial charge is 0.344 e. The van der Waals surface area contributed by atoms with Crippen LogP contribution in [0.3, 0.4) is 0 Å². The van der Waals surface area contributed by atoms with Crippen molar-refractivity contribution >= 4 is 5.97 Å². The van der Waals surface area contributed by atoms with Crippen LogP contribution >= 0.6 is 0 Å². The van der Waals surface area contributed by atoms with Crippen LogP contribution in [0.2, 0.25) is 0 Å². The van der Waals surface area contributed by atoms with E-state index in [2.05, 4.69) is 5.10 Å². The Balaban J connectivity index is 1.99. The van der Waals surface area contributed by atoms with E-state index in [0.29, 0.717) is 5.88 Å². The molecule has 0 fully saturated rings. The van der Waals surface area contributed by atoms with Crippen LogP contribution in [0.1, 0.15) is 34.1 Å². The molecule has 5 heteroatoms. The molecule has 0 aliphatic heterocycles. The highest BCUT2D eigenvalue weighted by Gasteiger charge is 2.17. The minimum Gasteiger partial charge on any atom is -0.404 e. The first-order valence-electron chi connectivity index (χ1n) is 8.13. The van der Waals surface area contributed by atoms with E-state index >= 15 is 0 Å². The number of carbonyl (C=O) groups excluding carboxylic acids is 1. The van der Waals surface area contributed by atoms with Gasteiger partial charge in [0.1, 0.15) is 5.82 Å². The number of benzene rings is 2. The van der Waals surface area contributed by atoms with Gasteiger partial charge in [-0.1, -0.05) is 19.1 Å². The minimum atomic E-state index is -0.547. The van der Waals surface area contributed by atoms with Crippen molar-refractivity contribution in [2.24, 2.45) is 0 Å². The number of carbonyl (C=O) groups is 1. The van der Waals surface area contributed by atoms with Gasteiger partial charge in [-0.3, -0.25) is 0 Å². The van der Waals surface area contributed by atoms with Crippen LogP contribution in [-0.4, -0.2) is 15.7 Å². The summed E-state index contributed by atoms with van der Waals surface area (Å²) in [6.07, 6.45) is 0.721. The number of aryl methyl sites for hydroxylation is 2. The maximum atomic E-state index is 13.0. The maximum absolute atomic E-state index is 13.0. The number of nitrogens with zero attached hydrogens (tertiary/aromatic N) is 2. The van der Waals surface area contributed by atoms with E-state index in [1.54, 1.807) is 10.7 Å². The Morgan fingerprint density at radius 2 is 1.88 bits per heavy atom. The summed E-state index contributed by atoms with van der Waals surface area (Å²) in [5, 5.41) is 4.54. The summed E-state index contributed by atoms with van der Waals surface area (Å²) in [7, 11) is 0. The second kappa shape index (κ2) is 6.89. The van der Waals surface area contributed by atoms with Crippen molar-refractivity contribution < 1.29 is 13.9 Å². The van der Waals surface area contributed by atoms with Gasteiger partial charge < -0.3 is 4.74 Å². The lowest BCUT2D eigenvalue weighted by molar-refractivity contribution is 0.0723. The van der Waals surface area contributed by atoms with Gasteiger partial charge in [-0.2, -0.15) is 5.10 Å². The van der Waals surface area contributed by atoms with Crippen LogP contribution < -0.4 is 4.74 Å². The Morgan fingerprint density at radius 1 is 1.16 bits per heavy atom. The lowest BCUT2D eigenvalue weighted by atomic mass is 10.1. The second-order valence-electron chi connectivity index (χ2n) is 5.85. The van der Waals surface area contributed by atoms with Crippen LogP contribution in [0.5, 0.6) is 5.88 Å². The molecule has 0 saturated heterocycles. The highest BCUT2D eigenvalue weighted by atomic mass is 19.1. The van der Waals surface area contributed by atoms with Crippen molar-refractivity contribution in [3.8, 4) is 11.6 Å². The molecule has 3 rings (SSSR count). The van der Waals surface area contributed by atoms with Gasteiger partial charge in [0.15, 0.2) is 0 Å². The van der Waals surface area contributed by atoms with Crippen molar-refractivity contribution in [2.75, 3.05) is 0 Å². The van der Waals surface area contributed by atoms with Crippen LogP contribution in [0.4, 0.5) is 4.39 Å². The Morgan fingerprint density at radius 3 is 2.56 bits per heavy atom. The summed E-state index contributed by atoms with van der Waals surface area (Å²) in [4.78, 5) is 12.4. The molecule has 1 aromatic heterocycles. The Bertz CT molecular complexity index is 914. The summed E-state index contributed by atoms with van der Waals surface area (Å²) in [5.74, 6) is -0.598. The predicted molar refractivity (Wildman–Crippen MR) is 93.8 cm³/mol. The fraction of sp³-hybridized carbons (Fsp3) is 0.200. The third kappa shape index (κ3) is 3.45. The maximum Gasteiger partial charge on any atom is 0.344 e. The lowest BCUT2D eigenvalue weighted by Gasteiger charge is -2.12. The minimum absolute atomic E-state index is 0.285. The Hall–Kier alpha value is -2.95. The summed E-state index contributed by atoms with van der Waals surface area (Å²) in [5.41, 5.74) is 4.16. The molecule has 0 spiro atoms. The van der Waals surface area contributed by atoms with Gasteiger partial charge in [0.05, 0.1) is 16.9 Å². The zero-order valence-electron chi connectivity index (χ0n) is 14.4. The average molecular weight is 338 g/mol. The molecule has 0 aliphatic carbocycles. The molecule has 0 unspecified atom stereocenters. The average Bonchev–Trinajstić information content (AvgIpc) is 3.00. The van der Waals surface area contributed by atoms with Crippen LogP contribution in [0.15, 0.2) is 48.5 Å². The summed E-state index contributed by atoms with van der Waals surface area (Å²) in [6, 6.07) is 12.9. The van der Waals surface area contributed by atoms with Crippen molar-refractivity contribution in [3.05, 3.63) is 76.7 Å². The number of esters is 1. The van der Waals surface area contributed by atoms with Crippen LogP contribution in [0.25, 0.3) is 5.69 Å². The Labute approximate surface area is 145 Å². The first kappa shape index (κ1) is 16.9. The molecule has 128 valence electrons. The van der Waals surface area contributed by atoms with E-state index in [4.69, 9.17) is 4.74 Å². The van der Waals surface area contributed by atoms with Crippen molar-refractivity contribution in [2.45, 2.75) is 27.2 Å². The predicted octanol–water partition coefficient (Wildman–Crippen LogP) is 4.41. The van der Waals surface area contributed by atoms with E-state index in [1.807, 2.05) is 39.0 Å². The van der Waals surface area contributed by atoms with Gasteiger partial charge in [0, 0.05) is 6.07 Å². The first-order valence-corrected chi connectivity index (χ1v) is 8.13. The van der Waals surface area contributed by atoms with Crippen molar-refractivity contribution in [1.29, 1.82) is 0 Å². The molecule has 0 bridgehead atoms. The number of halogens is 1. The van der Waals surface area contributed by atoms with Crippen LogP contribution in [0, 0.1) is 19.7 Å². The van der Waals surface area contributed by atoms with Gasteiger partial charge in [0.2, 0.25) is 5.88 Å². The normalized spacial score (nSPS) is 10.7. The second-order valence-corrected chi connectivity index (χ2v) is 5.85. The van der Waals surface area contributed by atoms with E-state index in [9.17, 15) is 9.18 Å². The summed E-state index contributed by atoms with van der Waals surface area (Å²) < 4.78 is 20.2. The zero-order valence-corrected chi connectivity index (χ0v) is 14.4. The van der Waals surface area contributed by atoms with E-state index in [1.165, 1.54) is 24.3 Å². The lowest BCUT2D eigenvalue weighted by Crippen LogP contribution is -2.12. The van der Waals surface area contributed by atoms with Gasteiger partial charge in [-0.05, 0) is 61.7 Å². The third-order valence-corrected chi connectivity index (χ3v) is 4.17. The monoisotopic (exact) mass is 338 g/mol. The number of aromatic nitrogens is 2. The van der Waals surface area contributed by atoms with Gasteiger partial charge in [0.25, 0.3) is 0 Å². The summed E-state index contributed by atoms with van der Waals surface area (Å²) in [6.45, 7) is 6.01. The van der Waals surface area contributed by atoms with Crippen LogP contribution in [-0.2, 0) is 6.42 Å². The number of rotatable bonds is 4. The molecule has 0 saturated carbocycles.